The molecule has 1 aliphatic rings. The second kappa shape index (κ2) is 6.57. The maximum Gasteiger partial charge on any atom is 0.122 e. The molecule has 108 valence electrons. The molecule has 0 atom stereocenters. The Morgan fingerprint density at radius 2 is 2.25 bits per heavy atom. The van der Waals surface area contributed by atoms with E-state index in [1.165, 1.54) is 23.3 Å². The van der Waals surface area contributed by atoms with Gasteiger partial charge in [-0.25, -0.2) is 0 Å². The van der Waals surface area contributed by atoms with E-state index in [0.29, 0.717) is 0 Å². The van der Waals surface area contributed by atoms with Crippen LogP contribution in [-0.2, 0) is 19.6 Å². The van der Waals surface area contributed by atoms with Crippen LogP contribution in [0.1, 0.15) is 36.0 Å². The van der Waals surface area contributed by atoms with Crippen molar-refractivity contribution < 1.29 is 4.42 Å². The van der Waals surface area contributed by atoms with Crippen LogP contribution < -0.4 is 5.32 Å². The number of hydrogen-bond acceptors (Lipinski definition) is 4. The Hall–Kier alpha value is -1.10. The Kier molecular flexibility index (Phi) is 4.55. The van der Waals surface area contributed by atoms with Crippen molar-refractivity contribution in [1.82, 2.24) is 10.2 Å². The quantitative estimate of drug-likeness (QED) is 0.805. The molecule has 1 N–H and O–H groups in total. The highest BCUT2D eigenvalue weighted by Gasteiger charge is 2.30. The molecule has 1 aliphatic carbocycles. The van der Waals surface area contributed by atoms with Crippen molar-refractivity contribution in [3.05, 3.63) is 46.0 Å². The molecule has 0 radical (unpaired) electrons. The summed E-state index contributed by atoms with van der Waals surface area (Å²) in [5.41, 5.74) is 1.30. The molecule has 0 unspecified atom stereocenters. The summed E-state index contributed by atoms with van der Waals surface area (Å²) in [6.45, 7) is 6.00. The van der Waals surface area contributed by atoms with Crippen molar-refractivity contribution in [1.29, 1.82) is 0 Å². The normalized spacial score (nSPS) is 15.1. The molecular formula is C16H22N2OS. The van der Waals surface area contributed by atoms with Crippen LogP contribution in [0.25, 0.3) is 0 Å². The Labute approximate surface area is 124 Å². The van der Waals surface area contributed by atoms with Gasteiger partial charge in [0.2, 0.25) is 0 Å². The molecule has 1 saturated carbocycles. The first kappa shape index (κ1) is 13.9. The van der Waals surface area contributed by atoms with E-state index in [-0.39, 0.29) is 0 Å². The SMILES string of the molecule is CCNCc1ccoc1CN(Cc1cccs1)C1CC1. The molecule has 3 nitrogen and oxygen atoms in total. The maximum absolute atomic E-state index is 5.71. The van der Waals surface area contributed by atoms with Crippen LogP contribution in [0.15, 0.2) is 34.3 Å². The van der Waals surface area contributed by atoms with Gasteiger partial charge in [-0.05, 0) is 36.9 Å². The van der Waals surface area contributed by atoms with E-state index in [0.717, 1.165) is 38.0 Å². The lowest BCUT2D eigenvalue weighted by atomic mass is 10.2. The monoisotopic (exact) mass is 290 g/mol. The minimum Gasteiger partial charge on any atom is -0.468 e. The number of nitrogens with one attached hydrogen (secondary N) is 1. The van der Waals surface area contributed by atoms with Crippen LogP contribution in [0.3, 0.4) is 0 Å². The van der Waals surface area contributed by atoms with Gasteiger partial charge in [0.05, 0.1) is 12.8 Å². The van der Waals surface area contributed by atoms with E-state index in [2.05, 4.69) is 40.7 Å². The van der Waals surface area contributed by atoms with Gasteiger partial charge in [-0.3, -0.25) is 4.90 Å². The smallest absolute Gasteiger partial charge is 0.122 e. The van der Waals surface area contributed by atoms with E-state index in [1.54, 1.807) is 0 Å². The van der Waals surface area contributed by atoms with E-state index >= 15 is 0 Å². The molecule has 20 heavy (non-hydrogen) atoms. The second-order valence-electron chi connectivity index (χ2n) is 5.36. The summed E-state index contributed by atoms with van der Waals surface area (Å²) in [6, 6.07) is 7.19. The highest BCUT2D eigenvalue weighted by molar-refractivity contribution is 7.09. The number of nitrogens with zero attached hydrogens (tertiary/aromatic N) is 1. The summed E-state index contributed by atoms with van der Waals surface area (Å²) in [7, 11) is 0. The summed E-state index contributed by atoms with van der Waals surface area (Å²) >= 11 is 1.84. The highest BCUT2D eigenvalue weighted by Crippen LogP contribution is 2.31. The standard InChI is InChI=1S/C16H22N2OS/c1-2-17-10-13-7-8-19-16(13)12-18(14-5-6-14)11-15-4-3-9-20-15/h3-4,7-9,14,17H,2,5-6,10-12H2,1H3. The summed E-state index contributed by atoms with van der Waals surface area (Å²) in [5.74, 6) is 1.12. The van der Waals surface area contributed by atoms with Gasteiger partial charge in [-0.1, -0.05) is 13.0 Å². The number of thiophene rings is 1. The molecule has 0 amide bonds. The molecule has 2 heterocycles. The van der Waals surface area contributed by atoms with Crippen LogP contribution in [0.5, 0.6) is 0 Å². The third kappa shape index (κ3) is 3.51. The fourth-order valence-corrected chi connectivity index (χ4v) is 3.19. The van der Waals surface area contributed by atoms with E-state index < -0.39 is 0 Å². The number of hydrogen-bond donors (Lipinski definition) is 1. The van der Waals surface area contributed by atoms with Crippen LogP contribution in [0.4, 0.5) is 0 Å². The van der Waals surface area contributed by atoms with Crippen molar-refractivity contribution in [2.45, 2.75) is 45.4 Å². The Morgan fingerprint density at radius 3 is 2.95 bits per heavy atom. The zero-order chi connectivity index (χ0) is 13.8. The molecule has 0 spiro atoms. The van der Waals surface area contributed by atoms with Crippen molar-refractivity contribution >= 4 is 11.3 Å². The zero-order valence-corrected chi connectivity index (χ0v) is 12.8. The third-order valence-electron chi connectivity index (χ3n) is 3.75. The molecule has 0 bridgehead atoms. The second-order valence-corrected chi connectivity index (χ2v) is 6.40. The lowest BCUT2D eigenvalue weighted by Gasteiger charge is -2.20. The van der Waals surface area contributed by atoms with Crippen molar-refractivity contribution in [2.24, 2.45) is 0 Å². The Bertz CT molecular complexity index is 516. The van der Waals surface area contributed by atoms with Gasteiger partial charge in [-0.2, -0.15) is 0 Å². The molecule has 2 aromatic rings. The summed E-state index contributed by atoms with van der Waals surface area (Å²) in [4.78, 5) is 4.00. The average molecular weight is 290 g/mol. The minimum absolute atomic E-state index is 0.745. The van der Waals surface area contributed by atoms with E-state index in [9.17, 15) is 0 Å². The molecule has 0 saturated heterocycles. The zero-order valence-electron chi connectivity index (χ0n) is 12.0. The van der Waals surface area contributed by atoms with Gasteiger partial charge in [0.25, 0.3) is 0 Å². The van der Waals surface area contributed by atoms with Gasteiger partial charge in [0.1, 0.15) is 5.76 Å². The first-order valence-corrected chi connectivity index (χ1v) is 8.27. The fraction of sp³-hybridized carbons (Fsp3) is 0.500. The van der Waals surface area contributed by atoms with Gasteiger partial charge >= 0.3 is 0 Å². The first-order valence-electron chi connectivity index (χ1n) is 7.39. The summed E-state index contributed by atoms with van der Waals surface area (Å²) in [6.07, 6.45) is 4.47. The molecule has 0 aromatic carbocycles. The van der Waals surface area contributed by atoms with Crippen molar-refractivity contribution in [3.8, 4) is 0 Å². The number of rotatable bonds is 8. The van der Waals surface area contributed by atoms with Crippen molar-refractivity contribution in [3.63, 3.8) is 0 Å². The molecular weight excluding hydrogens is 268 g/mol. The number of furan rings is 1. The lowest BCUT2D eigenvalue weighted by molar-refractivity contribution is 0.226. The average Bonchev–Trinajstić information content (AvgIpc) is 3.00. The fourth-order valence-electron chi connectivity index (χ4n) is 2.46. The highest BCUT2D eigenvalue weighted by atomic mass is 32.1. The van der Waals surface area contributed by atoms with Crippen LogP contribution >= 0.6 is 11.3 Å². The molecule has 1 fully saturated rings. The largest absolute Gasteiger partial charge is 0.468 e. The predicted octanol–water partition coefficient (Wildman–Crippen LogP) is 3.62. The summed E-state index contributed by atoms with van der Waals surface area (Å²) < 4.78 is 5.71. The topological polar surface area (TPSA) is 28.4 Å². The minimum atomic E-state index is 0.745. The molecule has 0 aliphatic heterocycles. The maximum atomic E-state index is 5.71. The van der Waals surface area contributed by atoms with Crippen LogP contribution in [0.2, 0.25) is 0 Å². The van der Waals surface area contributed by atoms with Gasteiger partial charge < -0.3 is 9.73 Å². The lowest BCUT2D eigenvalue weighted by Crippen LogP contribution is -2.25. The van der Waals surface area contributed by atoms with E-state index in [4.69, 9.17) is 4.42 Å². The molecule has 4 heteroatoms. The Morgan fingerprint density at radius 1 is 1.35 bits per heavy atom. The van der Waals surface area contributed by atoms with Gasteiger partial charge in [0, 0.05) is 29.6 Å². The molecule has 3 rings (SSSR count). The van der Waals surface area contributed by atoms with Crippen LogP contribution in [0, 0.1) is 0 Å². The Balaban J connectivity index is 1.65. The van der Waals surface area contributed by atoms with Crippen LogP contribution in [-0.4, -0.2) is 17.5 Å². The van der Waals surface area contributed by atoms with Gasteiger partial charge in [-0.15, -0.1) is 11.3 Å². The van der Waals surface area contributed by atoms with E-state index in [1.807, 2.05) is 17.6 Å². The first-order chi connectivity index (χ1) is 9.86. The third-order valence-corrected chi connectivity index (χ3v) is 4.61. The van der Waals surface area contributed by atoms with Crippen molar-refractivity contribution in [2.75, 3.05) is 6.54 Å². The predicted molar refractivity (Wildman–Crippen MR) is 82.7 cm³/mol. The van der Waals surface area contributed by atoms with Gasteiger partial charge in [0.15, 0.2) is 0 Å². The summed E-state index contributed by atoms with van der Waals surface area (Å²) in [5, 5.41) is 5.53. The molecule has 2 aromatic heterocycles.